The monoisotopic (exact) mass is 274 g/mol. The molecule has 2 rings (SSSR count). The summed E-state index contributed by atoms with van der Waals surface area (Å²) < 4.78 is 0. The Morgan fingerprint density at radius 1 is 1.20 bits per heavy atom. The van der Waals surface area contributed by atoms with Gasteiger partial charge in [0.05, 0.1) is 0 Å². The van der Waals surface area contributed by atoms with E-state index in [2.05, 4.69) is 55.4 Å². The van der Waals surface area contributed by atoms with Crippen molar-refractivity contribution in [3.63, 3.8) is 0 Å². The summed E-state index contributed by atoms with van der Waals surface area (Å²) in [5, 5.41) is 3.75. The Labute approximate surface area is 124 Å². The molecule has 0 bridgehead atoms. The molecule has 0 aliphatic carbocycles. The summed E-state index contributed by atoms with van der Waals surface area (Å²) in [5.74, 6) is 0.925. The second-order valence-corrected chi connectivity index (χ2v) is 6.36. The van der Waals surface area contributed by atoms with Crippen LogP contribution < -0.4 is 5.32 Å². The van der Waals surface area contributed by atoms with Crippen molar-refractivity contribution >= 4 is 0 Å². The van der Waals surface area contributed by atoms with E-state index in [1.54, 1.807) is 0 Å². The number of piperidine rings is 1. The highest BCUT2D eigenvalue weighted by Crippen LogP contribution is 2.21. The Kier molecular flexibility index (Phi) is 6.06. The van der Waals surface area contributed by atoms with Gasteiger partial charge in [-0.25, -0.2) is 0 Å². The number of hydrogen-bond donors (Lipinski definition) is 1. The van der Waals surface area contributed by atoms with E-state index in [1.807, 2.05) is 0 Å². The average Bonchev–Trinajstić information content (AvgIpc) is 2.47. The number of nitrogens with one attached hydrogen (secondary N) is 1. The molecule has 1 unspecified atom stereocenters. The Bertz CT molecular complexity index is 377. The highest BCUT2D eigenvalue weighted by Gasteiger charge is 2.16. The fourth-order valence-electron chi connectivity index (χ4n) is 3.11. The van der Waals surface area contributed by atoms with Crippen molar-refractivity contribution in [3.8, 4) is 0 Å². The zero-order valence-electron chi connectivity index (χ0n) is 13.4. The minimum absolute atomic E-state index is 0.516. The van der Waals surface area contributed by atoms with Crippen molar-refractivity contribution in [1.29, 1.82) is 0 Å². The van der Waals surface area contributed by atoms with Gasteiger partial charge in [0.15, 0.2) is 0 Å². The molecule has 1 fully saturated rings. The Morgan fingerprint density at radius 3 is 2.45 bits per heavy atom. The number of aryl methyl sites for hydroxylation is 1. The number of nitrogens with zero attached hydrogens (tertiary/aromatic N) is 1. The minimum Gasteiger partial charge on any atom is -0.310 e. The first-order chi connectivity index (χ1) is 9.69. The van der Waals surface area contributed by atoms with Gasteiger partial charge in [-0.3, -0.25) is 0 Å². The molecule has 1 aliphatic rings. The molecule has 1 aromatic rings. The summed E-state index contributed by atoms with van der Waals surface area (Å²) in [6, 6.07) is 9.49. The normalized spacial score (nSPS) is 19.1. The largest absolute Gasteiger partial charge is 0.310 e. The van der Waals surface area contributed by atoms with E-state index < -0.39 is 0 Å². The molecule has 0 radical (unpaired) electrons. The molecule has 0 spiro atoms. The van der Waals surface area contributed by atoms with E-state index >= 15 is 0 Å². The summed E-state index contributed by atoms with van der Waals surface area (Å²) in [6.45, 7) is 8.13. The molecule has 112 valence electrons. The highest BCUT2D eigenvalue weighted by atomic mass is 15.1. The van der Waals surface area contributed by atoms with Gasteiger partial charge in [0.2, 0.25) is 0 Å². The lowest BCUT2D eigenvalue weighted by Crippen LogP contribution is -2.32. The minimum atomic E-state index is 0.516. The van der Waals surface area contributed by atoms with Crippen molar-refractivity contribution in [3.05, 3.63) is 35.4 Å². The van der Waals surface area contributed by atoms with Crippen LogP contribution in [0.4, 0.5) is 0 Å². The van der Waals surface area contributed by atoms with E-state index in [0.717, 1.165) is 18.9 Å². The van der Waals surface area contributed by atoms with Crippen LogP contribution in [0.2, 0.25) is 0 Å². The first-order valence-corrected chi connectivity index (χ1v) is 8.17. The lowest BCUT2D eigenvalue weighted by atomic mass is 9.93. The lowest BCUT2D eigenvalue weighted by Gasteiger charge is -2.29. The Balaban J connectivity index is 1.75. The quantitative estimate of drug-likeness (QED) is 0.849. The number of hydrogen-bond acceptors (Lipinski definition) is 2. The molecular formula is C18H30N2. The standard InChI is InChI=1S/C18H30N2/c1-4-18(17-7-5-15(2)6-8-17)19-12-9-16-10-13-20(3)14-11-16/h5-8,16,18-19H,4,9-14H2,1-3H3. The van der Waals surface area contributed by atoms with E-state index in [4.69, 9.17) is 0 Å². The molecular weight excluding hydrogens is 244 g/mol. The first kappa shape index (κ1) is 15.5. The zero-order valence-corrected chi connectivity index (χ0v) is 13.4. The van der Waals surface area contributed by atoms with Crippen molar-refractivity contribution in [1.82, 2.24) is 10.2 Å². The summed E-state index contributed by atoms with van der Waals surface area (Å²) in [7, 11) is 2.24. The van der Waals surface area contributed by atoms with Crippen LogP contribution in [0.3, 0.4) is 0 Å². The molecule has 1 aliphatic heterocycles. The lowest BCUT2D eigenvalue weighted by molar-refractivity contribution is 0.210. The molecule has 1 saturated heterocycles. The Hall–Kier alpha value is -0.860. The van der Waals surface area contributed by atoms with Crippen molar-refractivity contribution in [2.24, 2.45) is 5.92 Å². The van der Waals surface area contributed by atoms with E-state index in [-0.39, 0.29) is 0 Å². The van der Waals surface area contributed by atoms with Crippen LogP contribution in [-0.4, -0.2) is 31.6 Å². The van der Waals surface area contributed by atoms with Crippen LogP contribution in [0.1, 0.15) is 49.8 Å². The highest BCUT2D eigenvalue weighted by molar-refractivity contribution is 5.24. The molecule has 1 atom stereocenters. The molecule has 0 saturated carbocycles. The van der Waals surface area contributed by atoms with Gasteiger partial charge in [-0.2, -0.15) is 0 Å². The zero-order chi connectivity index (χ0) is 14.4. The fourth-order valence-corrected chi connectivity index (χ4v) is 3.11. The van der Waals surface area contributed by atoms with Crippen molar-refractivity contribution in [2.45, 2.75) is 45.6 Å². The fraction of sp³-hybridized carbons (Fsp3) is 0.667. The third kappa shape index (κ3) is 4.60. The summed E-state index contributed by atoms with van der Waals surface area (Å²) >= 11 is 0. The summed E-state index contributed by atoms with van der Waals surface area (Å²) in [5.41, 5.74) is 2.77. The number of likely N-dealkylation sites (tertiary alicyclic amines) is 1. The maximum absolute atomic E-state index is 3.75. The van der Waals surface area contributed by atoms with Crippen LogP contribution in [0.5, 0.6) is 0 Å². The van der Waals surface area contributed by atoms with E-state index in [1.165, 1.54) is 43.5 Å². The van der Waals surface area contributed by atoms with Gasteiger partial charge in [0.1, 0.15) is 0 Å². The van der Waals surface area contributed by atoms with Gasteiger partial charge >= 0.3 is 0 Å². The molecule has 20 heavy (non-hydrogen) atoms. The average molecular weight is 274 g/mol. The Morgan fingerprint density at radius 2 is 1.85 bits per heavy atom. The van der Waals surface area contributed by atoms with Crippen LogP contribution in [-0.2, 0) is 0 Å². The van der Waals surface area contributed by atoms with Gasteiger partial charge < -0.3 is 10.2 Å². The molecule has 1 N–H and O–H groups in total. The predicted octanol–water partition coefficient (Wildman–Crippen LogP) is 3.77. The summed E-state index contributed by atoms with van der Waals surface area (Å²) in [4.78, 5) is 2.45. The van der Waals surface area contributed by atoms with Crippen LogP contribution in [0.25, 0.3) is 0 Å². The number of benzene rings is 1. The third-order valence-electron chi connectivity index (χ3n) is 4.67. The van der Waals surface area contributed by atoms with Crippen molar-refractivity contribution in [2.75, 3.05) is 26.7 Å². The molecule has 1 heterocycles. The van der Waals surface area contributed by atoms with Crippen molar-refractivity contribution < 1.29 is 0 Å². The second-order valence-electron chi connectivity index (χ2n) is 6.36. The van der Waals surface area contributed by atoms with Crippen LogP contribution in [0, 0.1) is 12.8 Å². The van der Waals surface area contributed by atoms with E-state index in [0.29, 0.717) is 6.04 Å². The smallest absolute Gasteiger partial charge is 0.0317 e. The molecule has 2 nitrogen and oxygen atoms in total. The maximum Gasteiger partial charge on any atom is 0.0317 e. The SMILES string of the molecule is CCC(NCCC1CCN(C)CC1)c1ccc(C)cc1. The molecule has 2 heteroatoms. The van der Waals surface area contributed by atoms with Gasteiger partial charge in [-0.1, -0.05) is 36.8 Å². The van der Waals surface area contributed by atoms with E-state index in [9.17, 15) is 0 Å². The van der Waals surface area contributed by atoms with Gasteiger partial charge in [-0.05, 0) is 70.8 Å². The number of rotatable bonds is 6. The van der Waals surface area contributed by atoms with Gasteiger partial charge in [0.25, 0.3) is 0 Å². The maximum atomic E-state index is 3.75. The van der Waals surface area contributed by atoms with Crippen LogP contribution >= 0.6 is 0 Å². The third-order valence-corrected chi connectivity index (χ3v) is 4.67. The predicted molar refractivity (Wildman–Crippen MR) is 87.1 cm³/mol. The molecule has 0 amide bonds. The molecule has 0 aromatic heterocycles. The first-order valence-electron chi connectivity index (χ1n) is 8.17. The topological polar surface area (TPSA) is 15.3 Å². The van der Waals surface area contributed by atoms with Crippen LogP contribution in [0.15, 0.2) is 24.3 Å². The second kappa shape index (κ2) is 7.80. The van der Waals surface area contributed by atoms with Gasteiger partial charge in [-0.15, -0.1) is 0 Å². The van der Waals surface area contributed by atoms with Gasteiger partial charge in [0, 0.05) is 6.04 Å². The summed E-state index contributed by atoms with van der Waals surface area (Å²) in [6.07, 6.45) is 5.24. The molecule has 1 aromatic carbocycles.